The molecule has 0 amide bonds. The monoisotopic (exact) mass is 213 g/mol. The normalized spacial score (nSPS) is 10.6. The molecule has 0 saturated carbocycles. The summed E-state index contributed by atoms with van der Waals surface area (Å²) in [7, 11) is 1.61. The zero-order chi connectivity index (χ0) is 9.42. The van der Waals surface area contributed by atoms with Crippen molar-refractivity contribution in [2.45, 2.75) is 0 Å². The predicted octanol–water partition coefficient (Wildman–Crippen LogP) is 3.15. The van der Waals surface area contributed by atoms with Crippen LogP contribution in [0, 0.1) is 0 Å². The van der Waals surface area contributed by atoms with Crippen LogP contribution in [0.25, 0.3) is 10.1 Å². The van der Waals surface area contributed by atoms with Gasteiger partial charge in [-0.25, -0.2) is 0 Å². The molecule has 0 radical (unpaired) electrons. The Bertz CT molecular complexity index is 452. The minimum absolute atomic E-state index is 0.647. The van der Waals surface area contributed by atoms with Crippen molar-refractivity contribution in [3.63, 3.8) is 0 Å². The van der Waals surface area contributed by atoms with Crippen molar-refractivity contribution in [2.24, 2.45) is 0 Å². The fraction of sp³-hybridized carbons (Fsp3) is 0.111. The number of rotatable bonds is 1. The second kappa shape index (κ2) is 3.09. The van der Waals surface area contributed by atoms with Gasteiger partial charge in [0.25, 0.3) is 0 Å². The van der Waals surface area contributed by atoms with Gasteiger partial charge >= 0.3 is 0 Å². The van der Waals surface area contributed by atoms with Gasteiger partial charge in [-0.1, -0.05) is 17.7 Å². The Morgan fingerprint density at radius 1 is 1.46 bits per heavy atom. The van der Waals surface area contributed by atoms with E-state index < -0.39 is 0 Å². The van der Waals surface area contributed by atoms with E-state index in [4.69, 9.17) is 22.1 Å². The topological polar surface area (TPSA) is 35.2 Å². The van der Waals surface area contributed by atoms with Crippen LogP contribution in [0.1, 0.15) is 0 Å². The van der Waals surface area contributed by atoms with Crippen LogP contribution < -0.4 is 10.5 Å². The van der Waals surface area contributed by atoms with Gasteiger partial charge < -0.3 is 10.5 Å². The third kappa shape index (κ3) is 1.34. The average Bonchev–Trinajstić information content (AvgIpc) is 2.45. The van der Waals surface area contributed by atoms with Crippen molar-refractivity contribution in [1.82, 2.24) is 0 Å². The molecule has 2 rings (SSSR count). The number of nitrogen functional groups attached to an aromatic ring is 1. The van der Waals surface area contributed by atoms with E-state index in [1.165, 1.54) is 11.3 Å². The van der Waals surface area contributed by atoms with Crippen LogP contribution in [0.4, 0.5) is 5.69 Å². The number of methoxy groups -OCH3 is 1. The van der Waals surface area contributed by atoms with Gasteiger partial charge in [-0.15, -0.1) is 11.3 Å². The maximum absolute atomic E-state index is 5.89. The van der Waals surface area contributed by atoms with Crippen LogP contribution in [0.2, 0.25) is 4.34 Å². The SMILES string of the molecule is COc1c(N)ccc2cc(Cl)sc12. The highest BCUT2D eigenvalue weighted by Crippen LogP contribution is 2.39. The Kier molecular flexibility index (Phi) is 2.06. The third-order valence-corrected chi connectivity index (χ3v) is 3.12. The van der Waals surface area contributed by atoms with E-state index in [2.05, 4.69) is 0 Å². The second-order valence-corrected chi connectivity index (χ2v) is 4.34. The molecule has 0 aliphatic rings. The van der Waals surface area contributed by atoms with Crippen molar-refractivity contribution >= 4 is 38.7 Å². The largest absolute Gasteiger partial charge is 0.493 e. The molecule has 13 heavy (non-hydrogen) atoms. The van der Waals surface area contributed by atoms with E-state index in [0.717, 1.165) is 20.2 Å². The van der Waals surface area contributed by atoms with Crippen molar-refractivity contribution in [3.05, 3.63) is 22.5 Å². The Morgan fingerprint density at radius 2 is 2.23 bits per heavy atom. The molecular weight excluding hydrogens is 206 g/mol. The molecule has 0 atom stereocenters. The molecule has 0 bridgehead atoms. The van der Waals surface area contributed by atoms with E-state index in [1.807, 2.05) is 18.2 Å². The molecule has 1 aromatic heterocycles. The lowest BCUT2D eigenvalue weighted by atomic mass is 10.2. The van der Waals surface area contributed by atoms with Gasteiger partial charge in [-0.05, 0) is 17.5 Å². The highest BCUT2D eigenvalue weighted by molar-refractivity contribution is 7.23. The lowest BCUT2D eigenvalue weighted by molar-refractivity contribution is 0.422. The van der Waals surface area contributed by atoms with Crippen LogP contribution >= 0.6 is 22.9 Å². The molecule has 1 heterocycles. The Morgan fingerprint density at radius 3 is 2.92 bits per heavy atom. The molecule has 2 nitrogen and oxygen atoms in total. The number of benzene rings is 1. The number of halogens is 1. The van der Waals surface area contributed by atoms with E-state index in [9.17, 15) is 0 Å². The molecule has 0 unspecified atom stereocenters. The molecule has 68 valence electrons. The van der Waals surface area contributed by atoms with E-state index in [0.29, 0.717) is 5.69 Å². The van der Waals surface area contributed by atoms with Crippen LogP contribution in [0.3, 0.4) is 0 Å². The van der Waals surface area contributed by atoms with Crippen molar-refractivity contribution in [3.8, 4) is 5.75 Å². The summed E-state index contributed by atoms with van der Waals surface area (Å²) >= 11 is 7.36. The number of fused-ring (bicyclic) bond motifs is 1. The van der Waals surface area contributed by atoms with Crippen molar-refractivity contribution in [2.75, 3.05) is 12.8 Å². The van der Waals surface area contributed by atoms with Crippen molar-refractivity contribution in [1.29, 1.82) is 0 Å². The number of hydrogen-bond donors (Lipinski definition) is 1. The first kappa shape index (κ1) is 8.66. The summed E-state index contributed by atoms with van der Waals surface area (Å²) < 4.78 is 6.95. The molecule has 0 aliphatic carbocycles. The number of ether oxygens (including phenoxy) is 1. The summed E-state index contributed by atoms with van der Waals surface area (Å²) in [5.74, 6) is 0.717. The molecule has 0 fully saturated rings. The Hall–Kier alpha value is -0.930. The van der Waals surface area contributed by atoms with Gasteiger partial charge in [0, 0.05) is 0 Å². The number of thiophene rings is 1. The highest BCUT2D eigenvalue weighted by Gasteiger charge is 2.08. The van der Waals surface area contributed by atoms with Gasteiger partial charge in [0.05, 0.1) is 21.8 Å². The van der Waals surface area contributed by atoms with Gasteiger partial charge in [0.1, 0.15) is 0 Å². The fourth-order valence-electron chi connectivity index (χ4n) is 1.27. The zero-order valence-corrected chi connectivity index (χ0v) is 8.58. The average molecular weight is 214 g/mol. The third-order valence-electron chi connectivity index (χ3n) is 1.85. The summed E-state index contributed by atoms with van der Waals surface area (Å²) in [5, 5.41) is 1.07. The zero-order valence-electron chi connectivity index (χ0n) is 7.00. The molecule has 4 heteroatoms. The first-order valence-corrected chi connectivity index (χ1v) is 4.93. The lowest BCUT2D eigenvalue weighted by Gasteiger charge is -2.04. The summed E-state index contributed by atoms with van der Waals surface area (Å²) in [6.45, 7) is 0. The Balaban J connectivity index is 2.82. The smallest absolute Gasteiger partial charge is 0.159 e. The number of anilines is 1. The molecular formula is C9H8ClNOS. The first-order valence-electron chi connectivity index (χ1n) is 3.74. The minimum Gasteiger partial charge on any atom is -0.493 e. The molecule has 0 aliphatic heterocycles. The summed E-state index contributed by atoms with van der Waals surface area (Å²) in [4.78, 5) is 0. The summed E-state index contributed by atoms with van der Waals surface area (Å²) in [6, 6.07) is 5.67. The highest BCUT2D eigenvalue weighted by atomic mass is 35.5. The predicted molar refractivity (Wildman–Crippen MR) is 57.8 cm³/mol. The number of hydrogen-bond acceptors (Lipinski definition) is 3. The first-order chi connectivity index (χ1) is 6.22. The minimum atomic E-state index is 0.647. The molecule has 2 aromatic rings. The van der Waals surface area contributed by atoms with Crippen LogP contribution in [-0.2, 0) is 0 Å². The Labute approximate surface area is 84.9 Å². The van der Waals surface area contributed by atoms with Crippen molar-refractivity contribution < 1.29 is 4.74 Å². The lowest BCUT2D eigenvalue weighted by Crippen LogP contribution is -1.91. The maximum atomic E-state index is 5.89. The summed E-state index contributed by atoms with van der Waals surface area (Å²) in [5.41, 5.74) is 6.39. The van der Waals surface area contributed by atoms with Gasteiger partial charge in [0.15, 0.2) is 5.75 Å². The standard InChI is InChI=1S/C9H8ClNOS/c1-12-8-6(11)3-2-5-4-7(10)13-9(5)8/h2-4H,11H2,1H3. The molecule has 2 N–H and O–H groups in total. The van der Waals surface area contributed by atoms with E-state index in [-0.39, 0.29) is 0 Å². The number of nitrogens with two attached hydrogens (primary N) is 1. The van der Waals surface area contributed by atoms with Crippen LogP contribution in [0.15, 0.2) is 18.2 Å². The fourth-order valence-corrected chi connectivity index (χ4v) is 2.54. The summed E-state index contributed by atoms with van der Waals surface area (Å²) in [6.07, 6.45) is 0. The van der Waals surface area contributed by atoms with Crippen LogP contribution in [0.5, 0.6) is 5.75 Å². The van der Waals surface area contributed by atoms with Gasteiger partial charge in [-0.2, -0.15) is 0 Å². The van der Waals surface area contributed by atoms with Crippen LogP contribution in [-0.4, -0.2) is 7.11 Å². The van der Waals surface area contributed by atoms with Gasteiger partial charge in [-0.3, -0.25) is 0 Å². The van der Waals surface area contributed by atoms with E-state index >= 15 is 0 Å². The molecule has 0 spiro atoms. The maximum Gasteiger partial charge on any atom is 0.159 e. The van der Waals surface area contributed by atoms with Gasteiger partial charge in [0.2, 0.25) is 0 Å². The quantitative estimate of drug-likeness (QED) is 0.739. The molecule has 1 aromatic carbocycles. The van der Waals surface area contributed by atoms with E-state index in [1.54, 1.807) is 7.11 Å². The second-order valence-electron chi connectivity index (χ2n) is 2.66. The molecule has 0 saturated heterocycles.